The molecule has 0 aliphatic carbocycles. The maximum atomic E-state index is 13.6. The summed E-state index contributed by atoms with van der Waals surface area (Å²) in [4.78, 5) is 27.5. The summed E-state index contributed by atoms with van der Waals surface area (Å²) in [5, 5.41) is 2.80. The lowest BCUT2D eigenvalue weighted by Crippen LogP contribution is -2.61. The van der Waals surface area contributed by atoms with Crippen molar-refractivity contribution in [1.82, 2.24) is 0 Å². The number of nitrogens with zero attached hydrogens (tertiary/aromatic N) is 1. The second-order valence-electron chi connectivity index (χ2n) is 8.63. The summed E-state index contributed by atoms with van der Waals surface area (Å²) < 4.78 is 28.0. The summed E-state index contributed by atoms with van der Waals surface area (Å²) in [6.45, 7) is 1.59. The van der Waals surface area contributed by atoms with Crippen LogP contribution in [0.4, 0.5) is 11.4 Å². The van der Waals surface area contributed by atoms with E-state index in [1.165, 1.54) is 28.4 Å². The number of amides is 2. The maximum Gasteiger partial charge on any atom is 0.271 e. The van der Waals surface area contributed by atoms with Crippen LogP contribution in [-0.4, -0.2) is 52.4 Å². The molecule has 0 bridgehead atoms. The highest BCUT2D eigenvalue weighted by molar-refractivity contribution is 6.06. The Hall–Kier alpha value is -4.44. The van der Waals surface area contributed by atoms with Gasteiger partial charge >= 0.3 is 0 Å². The molecule has 10 nitrogen and oxygen atoms in total. The number of rotatable bonds is 10. The van der Waals surface area contributed by atoms with Crippen molar-refractivity contribution in [3.63, 3.8) is 0 Å². The molecule has 1 heterocycles. The number of ether oxygens (including phenoxy) is 5. The van der Waals surface area contributed by atoms with Gasteiger partial charge in [-0.25, -0.2) is 0 Å². The Balaban J connectivity index is 1.80. The van der Waals surface area contributed by atoms with Crippen LogP contribution in [0.25, 0.3) is 0 Å². The zero-order valence-corrected chi connectivity index (χ0v) is 21.9. The Kier molecular flexibility index (Phi) is 7.92. The van der Waals surface area contributed by atoms with E-state index in [0.29, 0.717) is 45.7 Å². The number of carbonyl (C=O) groups excluding carboxylic acids is 2. The van der Waals surface area contributed by atoms with Crippen molar-refractivity contribution in [3.05, 3.63) is 66.2 Å². The first-order valence-corrected chi connectivity index (χ1v) is 11.9. The second kappa shape index (κ2) is 11.3. The van der Waals surface area contributed by atoms with Gasteiger partial charge in [-0.3, -0.25) is 14.5 Å². The molecule has 3 atom stereocenters. The molecule has 0 saturated carbocycles. The number of methoxy groups -OCH3 is 4. The molecule has 2 amide bonds. The zero-order chi connectivity index (χ0) is 27.4. The highest BCUT2D eigenvalue weighted by Gasteiger charge is 2.51. The minimum Gasteiger partial charge on any atom is -0.495 e. The highest BCUT2D eigenvalue weighted by Crippen LogP contribution is 2.48. The molecule has 0 radical (unpaired) electrons. The van der Waals surface area contributed by atoms with Crippen LogP contribution < -0.4 is 39.6 Å². The van der Waals surface area contributed by atoms with Crippen molar-refractivity contribution in [3.8, 4) is 28.7 Å². The van der Waals surface area contributed by atoms with Crippen LogP contribution in [0.1, 0.15) is 18.5 Å². The monoisotopic (exact) mass is 521 g/mol. The maximum absolute atomic E-state index is 13.6. The van der Waals surface area contributed by atoms with Gasteiger partial charge in [-0.2, -0.15) is 0 Å². The molecular weight excluding hydrogens is 490 g/mol. The van der Waals surface area contributed by atoms with Crippen molar-refractivity contribution in [2.45, 2.75) is 25.1 Å². The van der Waals surface area contributed by atoms with Crippen LogP contribution in [0.2, 0.25) is 0 Å². The van der Waals surface area contributed by atoms with Gasteiger partial charge in [0.25, 0.3) is 5.91 Å². The first kappa shape index (κ1) is 26.6. The molecule has 10 heteroatoms. The quantitative estimate of drug-likeness (QED) is 0.389. The molecule has 0 spiro atoms. The van der Waals surface area contributed by atoms with Gasteiger partial charge in [-0.15, -0.1) is 0 Å². The molecule has 1 aliphatic heterocycles. The number of β-lactam (4-membered cyclic amide) rings is 1. The predicted molar refractivity (Wildman–Crippen MR) is 142 cm³/mol. The number of carbonyl (C=O) groups is 2. The number of nitrogens with one attached hydrogen (secondary N) is 1. The van der Waals surface area contributed by atoms with Gasteiger partial charge in [-0.05, 0) is 36.8 Å². The Morgan fingerprint density at radius 1 is 0.895 bits per heavy atom. The molecular formula is C28H31N3O7. The third-order valence-corrected chi connectivity index (χ3v) is 6.22. The smallest absolute Gasteiger partial charge is 0.271 e. The van der Waals surface area contributed by atoms with E-state index in [-0.39, 0.29) is 11.8 Å². The number of hydrogen-bond donors (Lipinski definition) is 2. The molecule has 3 aromatic carbocycles. The van der Waals surface area contributed by atoms with Crippen LogP contribution >= 0.6 is 0 Å². The van der Waals surface area contributed by atoms with E-state index in [1.54, 1.807) is 48.2 Å². The minimum absolute atomic E-state index is 0.259. The predicted octanol–water partition coefficient (Wildman–Crippen LogP) is 3.54. The topological polar surface area (TPSA) is 122 Å². The van der Waals surface area contributed by atoms with Crippen LogP contribution in [0.5, 0.6) is 28.7 Å². The molecule has 1 saturated heterocycles. The lowest BCUT2D eigenvalue weighted by atomic mass is 9.89. The van der Waals surface area contributed by atoms with Crippen molar-refractivity contribution in [1.29, 1.82) is 0 Å². The highest BCUT2D eigenvalue weighted by atomic mass is 16.5. The zero-order valence-electron chi connectivity index (χ0n) is 21.9. The number of hydrogen-bond acceptors (Lipinski definition) is 8. The van der Waals surface area contributed by atoms with Crippen molar-refractivity contribution in [2.24, 2.45) is 5.73 Å². The van der Waals surface area contributed by atoms with Gasteiger partial charge in [0.2, 0.25) is 17.8 Å². The molecule has 4 rings (SSSR count). The number of benzene rings is 3. The van der Waals surface area contributed by atoms with Crippen molar-refractivity contribution < 1.29 is 33.3 Å². The fourth-order valence-corrected chi connectivity index (χ4v) is 4.29. The summed E-state index contributed by atoms with van der Waals surface area (Å²) in [6, 6.07) is 16.5. The largest absolute Gasteiger partial charge is 0.495 e. The molecule has 0 aromatic heterocycles. The average Bonchev–Trinajstić information content (AvgIpc) is 2.94. The molecule has 1 unspecified atom stereocenters. The SMILES string of the molecule is COc1ccc([C@@H]2[C@H](Oc3ccccc3)C(=O)N2c2cc(OC)c(OC)c(OC)c2)cc1NC(=O)C(C)N. The first-order chi connectivity index (χ1) is 18.3. The van der Waals surface area contributed by atoms with Crippen LogP contribution in [0.15, 0.2) is 60.7 Å². The lowest BCUT2D eigenvalue weighted by molar-refractivity contribution is -0.135. The van der Waals surface area contributed by atoms with Gasteiger partial charge in [0.05, 0.1) is 45.9 Å². The van der Waals surface area contributed by atoms with Crippen molar-refractivity contribution in [2.75, 3.05) is 38.7 Å². The Labute approximate surface area is 221 Å². The van der Waals surface area contributed by atoms with Gasteiger partial charge in [-0.1, -0.05) is 24.3 Å². The third-order valence-electron chi connectivity index (χ3n) is 6.22. The van der Waals surface area contributed by atoms with Gasteiger partial charge in [0, 0.05) is 12.1 Å². The van der Waals surface area contributed by atoms with E-state index >= 15 is 0 Å². The van der Waals surface area contributed by atoms with E-state index in [4.69, 9.17) is 29.4 Å². The number of nitrogens with two attached hydrogens (primary N) is 1. The second-order valence-corrected chi connectivity index (χ2v) is 8.63. The molecule has 1 fully saturated rings. The third kappa shape index (κ3) is 5.03. The summed E-state index contributed by atoms with van der Waals surface area (Å²) in [5.74, 6) is 1.59. The van der Waals surface area contributed by atoms with Gasteiger partial charge in [0.15, 0.2) is 11.5 Å². The summed E-state index contributed by atoms with van der Waals surface area (Å²) in [6.07, 6.45) is -0.832. The summed E-state index contributed by atoms with van der Waals surface area (Å²) in [5.41, 5.74) is 7.41. The van der Waals surface area contributed by atoms with Crippen LogP contribution in [-0.2, 0) is 9.59 Å². The molecule has 38 heavy (non-hydrogen) atoms. The minimum atomic E-state index is -0.832. The standard InChI is InChI=1S/C28H31N3O7/c1-16(29)27(32)30-20-13-17(11-12-21(20)34-2)24-26(38-19-9-7-6-8-10-19)28(33)31(24)18-14-22(35-3)25(37-5)23(15-18)36-4/h6-16,24,26H,29H2,1-5H3,(H,30,32)/t16?,24-,26+/m1/s1. The normalized spacial score (nSPS) is 17.2. The average molecular weight is 522 g/mol. The fourth-order valence-electron chi connectivity index (χ4n) is 4.29. The number of anilines is 2. The lowest BCUT2D eigenvalue weighted by Gasteiger charge is -2.47. The summed E-state index contributed by atoms with van der Waals surface area (Å²) in [7, 11) is 6.03. The Bertz CT molecular complexity index is 1290. The van der Waals surface area contributed by atoms with Gasteiger partial charge < -0.3 is 34.7 Å². The van der Waals surface area contributed by atoms with Gasteiger partial charge in [0.1, 0.15) is 17.5 Å². The van der Waals surface area contributed by atoms with E-state index in [2.05, 4.69) is 5.32 Å². The van der Waals surface area contributed by atoms with Crippen LogP contribution in [0.3, 0.4) is 0 Å². The Morgan fingerprint density at radius 3 is 2.08 bits per heavy atom. The molecule has 3 aromatic rings. The van der Waals surface area contributed by atoms with Crippen molar-refractivity contribution >= 4 is 23.2 Å². The molecule has 3 N–H and O–H groups in total. The van der Waals surface area contributed by atoms with E-state index in [0.717, 1.165) is 0 Å². The molecule has 1 aliphatic rings. The molecule has 200 valence electrons. The number of para-hydroxylation sites is 1. The fraction of sp³-hybridized carbons (Fsp3) is 0.286. The van der Waals surface area contributed by atoms with Crippen LogP contribution in [0, 0.1) is 0 Å². The van der Waals surface area contributed by atoms with E-state index in [9.17, 15) is 9.59 Å². The van der Waals surface area contributed by atoms with E-state index < -0.39 is 18.2 Å². The Morgan fingerprint density at radius 2 is 1.53 bits per heavy atom. The first-order valence-electron chi connectivity index (χ1n) is 11.9. The summed E-state index contributed by atoms with van der Waals surface area (Å²) >= 11 is 0. The van der Waals surface area contributed by atoms with E-state index in [1.807, 2.05) is 24.3 Å².